The van der Waals surface area contributed by atoms with Crippen LogP contribution >= 0.6 is 0 Å². The molecule has 0 aliphatic carbocycles. The monoisotopic (exact) mass is 226 g/mol. The van der Waals surface area contributed by atoms with Crippen molar-refractivity contribution in [2.75, 3.05) is 6.61 Å². The summed E-state index contributed by atoms with van der Waals surface area (Å²) in [6.45, 7) is 3.00. The third-order valence-corrected chi connectivity index (χ3v) is 4.16. The van der Waals surface area contributed by atoms with Crippen LogP contribution in [-0.4, -0.2) is 24.3 Å². The highest BCUT2D eigenvalue weighted by molar-refractivity contribution is 4.90. The molecule has 0 bridgehead atoms. The zero-order valence-corrected chi connectivity index (χ0v) is 10.2. The van der Waals surface area contributed by atoms with Gasteiger partial charge in [0.25, 0.3) is 0 Å². The summed E-state index contributed by atoms with van der Waals surface area (Å²) in [5.74, 6) is -0.607. The summed E-state index contributed by atoms with van der Waals surface area (Å²) in [6, 6.07) is 0. The molecule has 3 aliphatic heterocycles. The van der Waals surface area contributed by atoms with Gasteiger partial charge in [0.15, 0.2) is 11.6 Å². The predicted molar refractivity (Wildman–Crippen MR) is 60.0 cm³/mol. The van der Waals surface area contributed by atoms with Crippen LogP contribution in [0.3, 0.4) is 0 Å². The van der Waals surface area contributed by atoms with Gasteiger partial charge in [0.2, 0.25) is 0 Å². The van der Waals surface area contributed by atoms with E-state index in [0.717, 1.165) is 32.3 Å². The second-order valence-corrected chi connectivity index (χ2v) is 5.55. The van der Waals surface area contributed by atoms with Crippen molar-refractivity contribution in [3.63, 3.8) is 0 Å². The smallest absolute Gasteiger partial charge is 0.172 e. The Bertz CT molecular complexity index is 260. The summed E-state index contributed by atoms with van der Waals surface area (Å²) < 4.78 is 18.2. The van der Waals surface area contributed by atoms with Gasteiger partial charge in [-0.15, -0.1) is 0 Å². The minimum Gasteiger partial charge on any atom is -0.350 e. The average Bonchev–Trinajstić information content (AvgIpc) is 2.58. The van der Waals surface area contributed by atoms with Crippen LogP contribution in [0.4, 0.5) is 0 Å². The number of ether oxygens (including phenoxy) is 3. The molecule has 0 aromatic rings. The fourth-order valence-electron chi connectivity index (χ4n) is 3.33. The lowest BCUT2D eigenvalue weighted by Crippen LogP contribution is -2.44. The predicted octanol–water partition coefficient (Wildman–Crippen LogP) is 2.98. The first-order valence-corrected chi connectivity index (χ1v) is 6.74. The first-order valence-electron chi connectivity index (χ1n) is 6.74. The molecular weight excluding hydrogens is 204 g/mol. The summed E-state index contributed by atoms with van der Waals surface area (Å²) in [5.41, 5.74) is 0. The fraction of sp³-hybridized carbons (Fsp3) is 1.00. The van der Waals surface area contributed by atoms with Gasteiger partial charge in [0.05, 0.1) is 12.7 Å². The quantitative estimate of drug-likeness (QED) is 0.635. The summed E-state index contributed by atoms with van der Waals surface area (Å²) in [5, 5.41) is 0. The van der Waals surface area contributed by atoms with Crippen LogP contribution in [0.25, 0.3) is 0 Å². The van der Waals surface area contributed by atoms with E-state index in [1.54, 1.807) is 0 Å². The third kappa shape index (κ3) is 1.89. The molecule has 16 heavy (non-hydrogen) atoms. The number of rotatable bonds is 0. The molecule has 3 aliphatic rings. The Morgan fingerprint density at radius 3 is 2.50 bits per heavy atom. The van der Waals surface area contributed by atoms with E-state index >= 15 is 0 Å². The van der Waals surface area contributed by atoms with Crippen LogP contribution in [-0.2, 0) is 14.2 Å². The highest BCUT2D eigenvalue weighted by atomic mass is 16.8. The minimum atomic E-state index is -0.311. The zero-order chi connectivity index (χ0) is 11.1. The van der Waals surface area contributed by atoms with Crippen LogP contribution in [0.1, 0.15) is 58.3 Å². The largest absolute Gasteiger partial charge is 0.350 e. The van der Waals surface area contributed by atoms with Gasteiger partial charge in [-0.05, 0) is 32.6 Å². The molecule has 1 unspecified atom stereocenters. The van der Waals surface area contributed by atoms with E-state index in [4.69, 9.17) is 14.2 Å². The third-order valence-electron chi connectivity index (χ3n) is 4.16. The Hall–Kier alpha value is -0.120. The Morgan fingerprint density at radius 1 is 0.938 bits per heavy atom. The Balaban J connectivity index is 1.70. The van der Waals surface area contributed by atoms with Gasteiger partial charge in [-0.1, -0.05) is 0 Å². The Labute approximate surface area is 97.4 Å². The van der Waals surface area contributed by atoms with Crippen molar-refractivity contribution in [2.24, 2.45) is 0 Å². The average molecular weight is 226 g/mol. The van der Waals surface area contributed by atoms with Crippen molar-refractivity contribution < 1.29 is 14.2 Å². The SMILES string of the molecule is CC1CCC[C@@]2(CC[C@]3(CCCCO3)O2)O1. The fourth-order valence-corrected chi connectivity index (χ4v) is 3.33. The lowest BCUT2D eigenvalue weighted by atomic mass is 9.97. The van der Waals surface area contributed by atoms with Crippen LogP contribution in [0.2, 0.25) is 0 Å². The van der Waals surface area contributed by atoms with E-state index in [2.05, 4.69) is 6.92 Å². The van der Waals surface area contributed by atoms with Crippen molar-refractivity contribution in [1.82, 2.24) is 0 Å². The normalized spacial score (nSPS) is 48.9. The molecule has 3 atom stereocenters. The van der Waals surface area contributed by atoms with Gasteiger partial charge >= 0.3 is 0 Å². The van der Waals surface area contributed by atoms with Gasteiger partial charge < -0.3 is 14.2 Å². The second-order valence-electron chi connectivity index (χ2n) is 5.55. The summed E-state index contributed by atoms with van der Waals surface area (Å²) >= 11 is 0. The molecule has 0 N–H and O–H groups in total. The molecule has 3 heterocycles. The second kappa shape index (κ2) is 3.97. The van der Waals surface area contributed by atoms with Gasteiger partial charge in [-0.3, -0.25) is 0 Å². The molecule has 3 fully saturated rings. The van der Waals surface area contributed by atoms with Crippen LogP contribution in [0.5, 0.6) is 0 Å². The van der Waals surface area contributed by atoms with Crippen molar-refractivity contribution in [1.29, 1.82) is 0 Å². The zero-order valence-electron chi connectivity index (χ0n) is 10.2. The van der Waals surface area contributed by atoms with Gasteiger partial charge in [-0.2, -0.15) is 0 Å². The molecule has 3 saturated heterocycles. The summed E-state index contributed by atoms with van der Waals surface area (Å²) in [4.78, 5) is 0. The van der Waals surface area contributed by atoms with Gasteiger partial charge in [0, 0.05) is 25.7 Å². The lowest BCUT2D eigenvalue weighted by Gasteiger charge is -2.40. The Kier molecular flexibility index (Phi) is 2.73. The molecule has 0 aromatic heterocycles. The highest BCUT2D eigenvalue weighted by Gasteiger charge is 2.52. The van der Waals surface area contributed by atoms with E-state index in [-0.39, 0.29) is 11.6 Å². The minimum absolute atomic E-state index is 0.296. The first kappa shape index (κ1) is 11.0. The van der Waals surface area contributed by atoms with E-state index in [9.17, 15) is 0 Å². The van der Waals surface area contributed by atoms with Gasteiger partial charge in [-0.25, -0.2) is 0 Å². The van der Waals surface area contributed by atoms with E-state index in [0.29, 0.717) is 6.10 Å². The number of hydrogen-bond donors (Lipinski definition) is 0. The number of hydrogen-bond acceptors (Lipinski definition) is 3. The van der Waals surface area contributed by atoms with Crippen molar-refractivity contribution in [3.05, 3.63) is 0 Å². The van der Waals surface area contributed by atoms with Crippen LogP contribution in [0, 0.1) is 0 Å². The molecule has 0 amide bonds. The molecule has 0 saturated carbocycles. The summed E-state index contributed by atoms with van der Waals surface area (Å²) in [6.07, 6.45) is 9.25. The highest BCUT2D eigenvalue weighted by Crippen LogP contribution is 2.48. The molecule has 2 spiro atoms. The molecular formula is C13H22O3. The van der Waals surface area contributed by atoms with Crippen LogP contribution < -0.4 is 0 Å². The standard InChI is InChI=1S/C13H22O3/c1-11-5-4-7-13(15-11)9-8-12(16-13)6-2-3-10-14-12/h11H,2-10H2,1H3/t11?,12-,13+/m0/s1. The van der Waals surface area contributed by atoms with Crippen molar-refractivity contribution in [3.8, 4) is 0 Å². The van der Waals surface area contributed by atoms with Gasteiger partial charge in [0.1, 0.15) is 0 Å². The molecule has 3 heteroatoms. The Morgan fingerprint density at radius 2 is 1.75 bits per heavy atom. The van der Waals surface area contributed by atoms with Crippen LogP contribution in [0.15, 0.2) is 0 Å². The molecule has 3 rings (SSSR count). The van der Waals surface area contributed by atoms with Crippen molar-refractivity contribution >= 4 is 0 Å². The molecule has 3 nitrogen and oxygen atoms in total. The molecule has 0 radical (unpaired) electrons. The molecule has 92 valence electrons. The van der Waals surface area contributed by atoms with E-state index in [1.165, 1.54) is 25.7 Å². The summed E-state index contributed by atoms with van der Waals surface area (Å²) in [7, 11) is 0. The molecule has 0 aromatic carbocycles. The van der Waals surface area contributed by atoms with Crippen molar-refractivity contribution in [2.45, 2.75) is 76.0 Å². The maximum absolute atomic E-state index is 6.24. The topological polar surface area (TPSA) is 27.7 Å². The van der Waals surface area contributed by atoms with E-state index < -0.39 is 0 Å². The maximum Gasteiger partial charge on any atom is 0.172 e. The first-order chi connectivity index (χ1) is 7.72. The van der Waals surface area contributed by atoms with E-state index in [1.807, 2.05) is 0 Å². The lowest BCUT2D eigenvalue weighted by molar-refractivity contribution is -0.347. The maximum atomic E-state index is 6.24.